The van der Waals surface area contributed by atoms with E-state index >= 15 is 0 Å². The number of benzene rings is 2. The number of rotatable bonds is 5. The van der Waals surface area contributed by atoms with E-state index in [1.54, 1.807) is 4.90 Å². The standard InChI is InChI=1S/C26H30N4O5/c31-24-8-9-25(32)30(24)35-26(33)29-12-10-27(11-13-29)19-22-7-6-21(20-4-2-1-3-5-20)18-23(22)28-14-16-34-17-15-28/h1-7,18H,8-17,19H2. The van der Waals surface area contributed by atoms with Gasteiger partial charge in [0.05, 0.1) is 13.2 Å². The molecule has 35 heavy (non-hydrogen) atoms. The summed E-state index contributed by atoms with van der Waals surface area (Å²) in [5.41, 5.74) is 4.85. The highest BCUT2D eigenvalue weighted by molar-refractivity contribution is 6.01. The first-order valence-corrected chi connectivity index (χ1v) is 12.1. The van der Waals surface area contributed by atoms with Crippen LogP contribution in [0.15, 0.2) is 48.5 Å². The van der Waals surface area contributed by atoms with Crippen molar-refractivity contribution in [3.8, 4) is 11.1 Å². The number of nitrogens with zero attached hydrogens (tertiary/aromatic N) is 4. The molecule has 0 aromatic heterocycles. The number of imide groups is 1. The molecule has 5 rings (SSSR count). The Bertz CT molecular complexity index is 1060. The quantitative estimate of drug-likeness (QED) is 0.611. The molecule has 2 aromatic carbocycles. The highest BCUT2D eigenvalue weighted by atomic mass is 16.7. The Morgan fingerprint density at radius 2 is 1.51 bits per heavy atom. The third-order valence-corrected chi connectivity index (χ3v) is 6.74. The average Bonchev–Trinajstić information content (AvgIpc) is 3.22. The molecule has 0 spiro atoms. The molecule has 0 atom stereocenters. The Labute approximate surface area is 204 Å². The van der Waals surface area contributed by atoms with Gasteiger partial charge in [0, 0.05) is 64.3 Å². The van der Waals surface area contributed by atoms with E-state index in [0.717, 1.165) is 32.8 Å². The van der Waals surface area contributed by atoms with Crippen LogP contribution in [-0.4, -0.2) is 85.3 Å². The Balaban J connectivity index is 1.25. The van der Waals surface area contributed by atoms with Crippen molar-refractivity contribution in [2.45, 2.75) is 19.4 Å². The molecule has 184 valence electrons. The van der Waals surface area contributed by atoms with Gasteiger partial charge in [-0.15, -0.1) is 5.06 Å². The third-order valence-electron chi connectivity index (χ3n) is 6.74. The highest BCUT2D eigenvalue weighted by Gasteiger charge is 2.35. The Hall–Kier alpha value is -3.43. The number of morpholine rings is 1. The van der Waals surface area contributed by atoms with Gasteiger partial charge in [-0.25, -0.2) is 4.79 Å². The summed E-state index contributed by atoms with van der Waals surface area (Å²) in [6.45, 7) is 6.25. The molecule has 9 heteroatoms. The fraction of sp³-hybridized carbons (Fsp3) is 0.423. The Morgan fingerprint density at radius 3 is 2.20 bits per heavy atom. The molecule has 3 aliphatic rings. The van der Waals surface area contributed by atoms with Gasteiger partial charge in [-0.3, -0.25) is 14.5 Å². The first kappa shape index (κ1) is 23.3. The molecule has 3 amide bonds. The summed E-state index contributed by atoms with van der Waals surface area (Å²) in [7, 11) is 0. The van der Waals surface area contributed by atoms with Crippen LogP contribution in [0.4, 0.5) is 10.5 Å². The second-order valence-electron chi connectivity index (χ2n) is 9.01. The minimum atomic E-state index is -0.644. The van der Waals surface area contributed by atoms with Crippen LogP contribution < -0.4 is 4.90 Å². The second kappa shape index (κ2) is 10.5. The molecule has 3 fully saturated rings. The van der Waals surface area contributed by atoms with Crippen LogP contribution in [-0.2, 0) is 25.7 Å². The zero-order valence-electron chi connectivity index (χ0n) is 19.7. The lowest BCUT2D eigenvalue weighted by Crippen LogP contribution is -2.50. The molecule has 0 bridgehead atoms. The largest absolute Gasteiger partial charge is 0.434 e. The van der Waals surface area contributed by atoms with Gasteiger partial charge in [0.15, 0.2) is 0 Å². The van der Waals surface area contributed by atoms with Crippen LogP contribution in [0.2, 0.25) is 0 Å². The van der Waals surface area contributed by atoms with Gasteiger partial charge in [0.1, 0.15) is 0 Å². The molecule has 0 unspecified atom stereocenters. The van der Waals surface area contributed by atoms with E-state index in [-0.39, 0.29) is 12.8 Å². The average molecular weight is 479 g/mol. The monoisotopic (exact) mass is 478 g/mol. The van der Waals surface area contributed by atoms with Crippen molar-refractivity contribution in [1.29, 1.82) is 0 Å². The van der Waals surface area contributed by atoms with Gasteiger partial charge in [0.25, 0.3) is 11.8 Å². The molecule has 0 saturated carbocycles. The van der Waals surface area contributed by atoms with Crippen LogP contribution in [0.25, 0.3) is 11.1 Å². The number of piperazine rings is 1. The number of carbonyl (C=O) groups excluding carboxylic acids is 3. The maximum absolute atomic E-state index is 12.5. The number of hydrogen-bond donors (Lipinski definition) is 0. The molecule has 9 nitrogen and oxygen atoms in total. The third kappa shape index (κ3) is 5.31. The van der Waals surface area contributed by atoms with E-state index in [9.17, 15) is 14.4 Å². The normalized spacial score (nSPS) is 19.4. The van der Waals surface area contributed by atoms with Gasteiger partial charge in [-0.1, -0.05) is 42.5 Å². The summed E-state index contributed by atoms with van der Waals surface area (Å²) in [6.07, 6.45) is -0.461. The maximum atomic E-state index is 12.5. The van der Waals surface area contributed by atoms with Crippen LogP contribution in [0.1, 0.15) is 18.4 Å². The van der Waals surface area contributed by atoms with Crippen molar-refractivity contribution in [2.75, 3.05) is 57.4 Å². The molecular formula is C26H30N4O5. The predicted octanol–water partition coefficient (Wildman–Crippen LogP) is 2.51. The number of ether oxygens (including phenoxy) is 1. The second-order valence-corrected chi connectivity index (χ2v) is 9.01. The van der Waals surface area contributed by atoms with E-state index in [4.69, 9.17) is 9.57 Å². The van der Waals surface area contributed by atoms with Crippen molar-refractivity contribution >= 4 is 23.6 Å². The van der Waals surface area contributed by atoms with Crippen molar-refractivity contribution in [1.82, 2.24) is 14.9 Å². The molecule has 0 aliphatic carbocycles. The lowest BCUT2D eigenvalue weighted by molar-refractivity contribution is -0.174. The molecule has 2 aromatic rings. The predicted molar refractivity (Wildman–Crippen MR) is 129 cm³/mol. The fourth-order valence-corrected chi connectivity index (χ4v) is 4.73. The van der Waals surface area contributed by atoms with Gasteiger partial charge in [-0.05, 0) is 22.8 Å². The van der Waals surface area contributed by atoms with Gasteiger partial charge in [0.2, 0.25) is 0 Å². The minimum absolute atomic E-state index is 0.0917. The lowest BCUT2D eigenvalue weighted by atomic mass is 10.0. The van der Waals surface area contributed by atoms with Crippen molar-refractivity contribution in [3.05, 3.63) is 54.1 Å². The van der Waals surface area contributed by atoms with Crippen molar-refractivity contribution in [3.63, 3.8) is 0 Å². The molecule has 0 N–H and O–H groups in total. The topological polar surface area (TPSA) is 82.6 Å². The van der Waals surface area contributed by atoms with Crippen LogP contribution in [0.5, 0.6) is 0 Å². The van der Waals surface area contributed by atoms with E-state index < -0.39 is 17.9 Å². The smallest absolute Gasteiger partial charge is 0.378 e. The summed E-state index contributed by atoms with van der Waals surface area (Å²) < 4.78 is 5.57. The summed E-state index contributed by atoms with van der Waals surface area (Å²) in [5.74, 6) is -0.923. The molecule has 3 saturated heterocycles. The Morgan fingerprint density at radius 1 is 0.829 bits per heavy atom. The molecule has 3 aliphatic heterocycles. The van der Waals surface area contributed by atoms with Gasteiger partial charge >= 0.3 is 6.09 Å². The van der Waals surface area contributed by atoms with E-state index in [2.05, 4.69) is 52.3 Å². The minimum Gasteiger partial charge on any atom is -0.378 e. The number of anilines is 1. The van der Waals surface area contributed by atoms with Crippen LogP contribution >= 0.6 is 0 Å². The summed E-state index contributed by atoms with van der Waals surface area (Å²) in [6, 6.07) is 17.0. The summed E-state index contributed by atoms with van der Waals surface area (Å²) in [4.78, 5) is 47.2. The number of hydrogen-bond acceptors (Lipinski definition) is 7. The first-order chi connectivity index (χ1) is 17.1. The summed E-state index contributed by atoms with van der Waals surface area (Å²) in [5, 5.41) is 0.609. The number of hydroxylamine groups is 2. The lowest BCUT2D eigenvalue weighted by Gasteiger charge is -2.36. The van der Waals surface area contributed by atoms with Gasteiger partial charge < -0.3 is 19.4 Å². The van der Waals surface area contributed by atoms with Crippen LogP contribution in [0.3, 0.4) is 0 Å². The summed E-state index contributed by atoms with van der Waals surface area (Å²) >= 11 is 0. The fourth-order valence-electron chi connectivity index (χ4n) is 4.73. The SMILES string of the molecule is O=C(ON1C(=O)CCC1=O)N1CCN(Cc2ccc(-c3ccccc3)cc2N2CCOCC2)CC1. The van der Waals surface area contributed by atoms with E-state index in [0.29, 0.717) is 31.2 Å². The first-order valence-electron chi connectivity index (χ1n) is 12.1. The van der Waals surface area contributed by atoms with E-state index in [1.165, 1.54) is 22.4 Å². The number of amides is 3. The number of carbonyl (C=O) groups is 3. The zero-order chi connectivity index (χ0) is 24.2. The highest BCUT2D eigenvalue weighted by Crippen LogP contribution is 2.30. The van der Waals surface area contributed by atoms with E-state index in [1.807, 2.05) is 6.07 Å². The van der Waals surface area contributed by atoms with Crippen molar-refractivity contribution in [2.24, 2.45) is 0 Å². The molecular weight excluding hydrogens is 448 g/mol. The molecule has 3 heterocycles. The Kier molecular flexibility index (Phi) is 6.96. The van der Waals surface area contributed by atoms with Gasteiger partial charge in [-0.2, -0.15) is 0 Å². The molecule has 0 radical (unpaired) electrons. The van der Waals surface area contributed by atoms with Crippen molar-refractivity contribution < 1.29 is 24.0 Å². The maximum Gasteiger partial charge on any atom is 0.434 e. The zero-order valence-corrected chi connectivity index (χ0v) is 19.7. The van der Waals surface area contributed by atoms with Crippen LogP contribution in [0, 0.1) is 0 Å².